The number of hydrogen-bond acceptors (Lipinski definition) is 5. The summed E-state index contributed by atoms with van der Waals surface area (Å²) in [6, 6.07) is 6.78. The molecule has 4 rings (SSSR count). The van der Waals surface area contributed by atoms with Crippen molar-refractivity contribution in [2.75, 3.05) is 19.6 Å². The van der Waals surface area contributed by atoms with Gasteiger partial charge in [0.1, 0.15) is 23.4 Å². The van der Waals surface area contributed by atoms with Crippen LogP contribution in [0.15, 0.2) is 41.3 Å². The summed E-state index contributed by atoms with van der Waals surface area (Å²) in [5.41, 5.74) is -1.70. The minimum Gasteiger partial charge on any atom is -0.505 e. The van der Waals surface area contributed by atoms with Gasteiger partial charge >= 0.3 is 6.18 Å². The van der Waals surface area contributed by atoms with Crippen LogP contribution in [-0.2, 0) is 17.8 Å². The van der Waals surface area contributed by atoms with Gasteiger partial charge in [-0.2, -0.15) is 13.2 Å². The number of rotatable bonds is 8. The number of alkyl halides is 3. The molecule has 3 heterocycles. The Morgan fingerprint density at radius 1 is 1.14 bits per heavy atom. The SMILES string of the molecule is O=C(NCCCN1CCCC1=O)c1c(O)c2ncc(Cc3ccc(F)cc3)cc2n(CC(F)(F)F)c1=O. The second-order valence-corrected chi connectivity index (χ2v) is 8.84. The molecule has 2 N–H and O–H groups in total. The summed E-state index contributed by atoms with van der Waals surface area (Å²) in [4.78, 5) is 43.1. The zero-order chi connectivity index (χ0) is 26.7. The Bertz CT molecular complexity index is 1390. The molecule has 1 aliphatic rings. The maximum atomic E-state index is 13.4. The third-order valence-corrected chi connectivity index (χ3v) is 6.08. The highest BCUT2D eigenvalue weighted by Crippen LogP contribution is 2.28. The molecule has 0 spiro atoms. The van der Waals surface area contributed by atoms with E-state index in [1.807, 2.05) is 0 Å². The van der Waals surface area contributed by atoms with Crippen LogP contribution in [0.3, 0.4) is 0 Å². The molecule has 1 aliphatic heterocycles. The molecule has 2 aromatic heterocycles. The van der Waals surface area contributed by atoms with E-state index < -0.39 is 41.3 Å². The predicted molar refractivity (Wildman–Crippen MR) is 126 cm³/mol. The number of likely N-dealkylation sites (tertiary alicyclic amines) is 1. The fourth-order valence-corrected chi connectivity index (χ4v) is 4.32. The average molecular weight is 520 g/mol. The van der Waals surface area contributed by atoms with E-state index in [4.69, 9.17) is 0 Å². The first-order chi connectivity index (χ1) is 17.5. The number of hydrogen-bond donors (Lipinski definition) is 2. The summed E-state index contributed by atoms with van der Waals surface area (Å²) < 4.78 is 53.7. The molecule has 0 unspecified atom stereocenters. The van der Waals surface area contributed by atoms with Crippen LogP contribution in [0.2, 0.25) is 0 Å². The molecule has 2 amide bonds. The van der Waals surface area contributed by atoms with E-state index in [1.54, 1.807) is 4.90 Å². The number of pyridine rings is 2. The molecule has 37 heavy (non-hydrogen) atoms. The molecular formula is C25H24F4N4O4. The van der Waals surface area contributed by atoms with Crippen LogP contribution in [0, 0.1) is 5.82 Å². The van der Waals surface area contributed by atoms with Crippen molar-refractivity contribution in [2.45, 2.75) is 38.4 Å². The lowest BCUT2D eigenvalue weighted by Gasteiger charge is -2.17. The van der Waals surface area contributed by atoms with Crippen molar-refractivity contribution < 1.29 is 32.3 Å². The Morgan fingerprint density at radius 3 is 2.51 bits per heavy atom. The summed E-state index contributed by atoms with van der Waals surface area (Å²) in [5.74, 6) is -2.29. The number of fused-ring (bicyclic) bond motifs is 1. The normalized spacial score (nSPS) is 13.9. The largest absolute Gasteiger partial charge is 0.505 e. The monoisotopic (exact) mass is 520 g/mol. The van der Waals surface area contributed by atoms with Crippen LogP contribution in [-0.4, -0.2) is 57.2 Å². The van der Waals surface area contributed by atoms with Crippen LogP contribution in [0.4, 0.5) is 17.6 Å². The number of aromatic nitrogens is 2. The molecule has 0 radical (unpaired) electrons. The second-order valence-electron chi connectivity index (χ2n) is 8.84. The molecule has 12 heteroatoms. The van der Waals surface area contributed by atoms with E-state index in [-0.39, 0.29) is 29.9 Å². The minimum atomic E-state index is -4.79. The maximum absolute atomic E-state index is 13.4. The number of carbonyl (C=O) groups excluding carboxylic acids is 2. The van der Waals surface area contributed by atoms with E-state index in [1.165, 1.54) is 36.5 Å². The fourth-order valence-electron chi connectivity index (χ4n) is 4.32. The lowest BCUT2D eigenvalue weighted by atomic mass is 10.1. The Morgan fingerprint density at radius 2 is 1.86 bits per heavy atom. The second kappa shape index (κ2) is 10.6. The number of benzene rings is 1. The van der Waals surface area contributed by atoms with Crippen molar-refractivity contribution in [3.8, 4) is 5.75 Å². The maximum Gasteiger partial charge on any atom is 0.406 e. The van der Waals surface area contributed by atoms with Gasteiger partial charge in [0.05, 0.1) is 5.52 Å². The molecule has 0 aliphatic carbocycles. The number of amides is 2. The zero-order valence-electron chi connectivity index (χ0n) is 19.6. The highest BCUT2D eigenvalue weighted by molar-refractivity contribution is 6.01. The van der Waals surface area contributed by atoms with Crippen molar-refractivity contribution in [1.82, 2.24) is 19.8 Å². The third kappa shape index (κ3) is 6.07. The van der Waals surface area contributed by atoms with Gasteiger partial charge < -0.3 is 15.3 Å². The molecule has 0 bridgehead atoms. The highest BCUT2D eigenvalue weighted by atomic mass is 19.4. The number of nitrogens with one attached hydrogen (secondary N) is 1. The first-order valence-corrected chi connectivity index (χ1v) is 11.6. The van der Waals surface area contributed by atoms with Gasteiger partial charge in [0, 0.05) is 32.3 Å². The van der Waals surface area contributed by atoms with Gasteiger partial charge in [0.15, 0.2) is 5.75 Å². The molecule has 3 aromatic rings. The van der Waals surface area contributed by atoms with Crippen LogP contribution in [0.1, 0.15) is 40.7 Å². The Kier molecular flexibility index (Phi) is 7.46. The molecule has 1 aromatic carbocycles. The molecule has 0 saturated carbocycles. The first-order valence-electron chi connectivity index (χ1n) is 11.6. The zero-order valence-corrected chi connectivity index (χ0v) is 19.6. The number of carbonyl (C=O) groups is 2. The van der Waals surface area contributed by atoms with E-state index in [0.29, 0.717) is 41.6 Å². The molecule has 1 fully saturated rings. The third-order valence-electron chi connectivity index (χ3n) is 6.08. The van der Waals surface area contributed by atoms with Gasteiger partial charge in [-0.25, -0.2) is 4.39 Å². The van der Waals surface area contributed by atoms with E-state index in [2.05, 4.69) is 10.3 Å². The lowest BCUT2D eigenvalue weighted by Crippen LogP contribution is -2.37. The van der Waals surface area contributed by atoms with Gasteiger partial charge in [0.25, 0.3) is 11.5 Å². The Balaban J connectivity index is 1.63. The van der Waals surface area contributed by atoms with E-state index in [9.17, 15) is 37.1 Å². The number of halogens is 4. The summed E-state index contributed by atoms with van der Waals surface area (Å²) >= 11 is 0. The summed E-state index contributed by atoms with van der Waals surface area (Å²) in [5, 5.41) is 13.1. The first kappa shape index (κ1) is 26.1. The van der Waals surface area contributed by atoms with Crippen molar-refractivity contribution in [1.29, 1.82) is 0 Å². The van der Waals surface area contributed by atoms with Gasteiger partial charge in [-0.3, -0.25) is 23.9 Å². The summed E-state index contributed by atoms with van der Waals surface area (Å²) in [6.07, 6.45) is -1.71. The predicted octanol–water partition coefficient (Wildman–Crippen LogP) is 3.14. The van der Waals surface area contributed by atoms with E-state index in [0.717, 1.165) is 6.42 Å². The van der Waals surface area contributed by atoms with Crippen molar-refractivity contribution in [3.63, 3.8) is 0 Å². The minimum absolute atomic E-state index is 0.0124. The quantitative estimate of drug-likeness (QED) is 0.351. The van der Waals surface area contributed by atoms with Crippen LogP contribution in [0.5, 0.6) is 5.75 Å². The summed E-state index contributed by atoms with van der Waals surface area (Å²) in [7, 11) is 0. The highest BCUT2D eigenvalue weighted by Gasteiger charge is 2.32. The van der Waals surface area contributed by atoms with Gasteiger partial charge in [-0.1, -0.05) is 12.1 Å². The smallest absolute Gasteiger partial charge is 0.406 e. The number of nitrogens with zero attached hydrogens (tertiary/aromatic N) is 3. The molecule has 196 valence electrons. The fraction of sp³-hybridized carbons (Fsp3) is 0.360. The topological polar surface area (TPSA) is 105 Å². The molecule has 8 nitrogen and oxygen atoms in total. The van der Waals surface area contributed by atoms with Crippen LogP contribution >= 0.6 is 0 Å². The summed E-state index contributed by atoms with van der Waals surface area (Å²) in [6.45, 7) is -0.640. The number of aromatic hydroxyl groups is 1. The van der Waals surface area contributed by atoms with Gasteiger partial charge in [-0.05, 0) is 48.6 Å². The van der Waals surface area contributed by atoms with Crippen LogP contribution < -0.4 is 10.9 Å². The standard InChI is InChI=1S/C25H24F4N4O4/c26-17-6-4-15(5-7-17)11-16-12-18-21(31-13-16)22(35)20(24(37)33(18)14-25(27,28)29)23(36)30-8-2-10-32-9-1-3-19(32)34/h4-7,12-13,35H,1-3,8-11,14H2,(H,30,36). The van der Waals surface area contributed by atoms with E-state index >= 15 is 0 Å². The van der Waals surface area contributed by atoms with Crippen LogP contribution in [0.25, 0.3) is 11.0 Å². The average Bonchev–Trinajstić information content (AvgIpc) is 3.25. The van der Waals surface area contributed by atoms with Gasteiger partial charge in [-0.15, -0.1) is 0 Å². The van der Waals surface area contributed by atoms with Crippen molar-refractivity contribution in [2.24, 2.45) is 0 Å². The molecular weight excluding hydrogens is 496 g/mol. The Hall–Kier alpha value is -3.96. The Labute approximate surface area is 208 Å². The molecule has 1 saturated heterocycles. The van der Waals surface area contributed by atoms with Gasteiger partial charge in [0.2, 0.25) is 5.91 Å². The molecule has 0 atom stereocenters. The van der Waals surface area contributed by atoms with Crippen molar-refractivity contribution >= 4 is 22.8 Å². The lowest BCUT2D eigenvalue weighted by molar-refractivity contribution is -0.140. The van der Waals surface area contributed by atoms with Crippen molar-refractivity contribution in [3.05, 3.63) is 69.4 Å².